The number of aliphatic hydroxyl groups excluding tert-OH is 1. The van der Waals surface area contributed by atoms with Gasteiger partial charge in [-0.3, -0.25) is 4.98 Å². The Bertz CT molecular complexity index is 562. The van der Waals surface area contributed by atoms with Crippen LogP contribution in [0.2, 0.25) is 0 Å². The van der Waals surface area contributed by atoms with Crippen molar-refractivity contribution < 1.29 is 9.84 Å². The molecule has 1 aliphatic heterocycles. The summed E-state index contributed by atoms with van der Waals surface area (Å²) >= 11 is 0. The minimum atomic E-state index is -0.333. The van der Waals surface area contributed by atoms with Gasteiger partial charge in [0, 0.05) is 24.0 Å². The summed E-state index contributed by atoms with van der Waals surface area (Å²) in [5.41, 5.74) is 0.878. The molecule has 1 saturated heterocycles. The molecule has 1 fully saturated rings. The molecule has 3 rings (SSSR count). The molecule has 2 unspecified atom stereocenters. The van der Waals surface area contributed by atoms with Gasteiger partial charge in [0.2, 0.25) is 0 Å². The summed E-state index contributed by atoms with van der Waals surface area (Å²) in [5, 5.41) is 14.5. The highest BCUT2D eigenvalue weighted by Gasteiger charge is 2.22. The molecule has 106 valence electrons. The maximum Gasteiger partial charge on any atom is 0.145 e. The first-order chi connectivity index (χ1) is 9.84. The molecule has 1 aliphatic rings. The largest absolute Gasteiger partial charge is 0.491 e. The molecule has 1 aromatic carbocycles. The van der Waals surface area contributed by atoms with Gasteiger partial charge < -0.3 is 15.2 Å². The van der Waals surface area contributed by atoms with Gasteiger partial charge in [-0.15, -0.1) is 0 Å². The monoisotopic (exact) mass is 272 g/mol. The summed E-state index contributed by atoms with van der Waals surface area (Å²) in [7, 11) is 0. The summed E-state index contributed by atoms with van der Waals surface area (Å²) in [6, 6.07) is 10.1. The van der Waals surface area contributed by atoms with E-state index in [4.69, 9.17) is 4.74 Å². The van der Waals surface area contributed by atoms with Gasteiger partial charge >= 0.3 is 0 Å². The molecule has 2 aromatic rings. The van der Waals surface area contributed by atoms with Crippen molar-refractivity contribution in [3.8, 4) is 5.75 Å². The lowest BCUT2D eigenvalue weighted by atomic mass is 10.1. The zero-order valence-electron chi connectivity index (χ0n) is 11.5. The fourth-order valence-electron chi connectivity index (χ4n) is 2.72. The van der Waals surface area contributed by atoms with Crippen LogP contribution < -0.4 is 10.1 Å². The molecule has 2 atom stereocenters. The average molecular weight is 272 g/mol. The van der Waals surface area contributed by atoms with E-state index in [-0.39, 0.29) is 12.1 Å². The molecule has 0 bridgehead atoms. The minimum Gasteiger partial charge on any atom is -0.491 e. The smallest absolute Gasteiger partial charge is 0.145 e. The van der Waals surface area contributed by atoms with Crippen molar-refractivity contribution in [1.82, 2.24) is 10.3 Å². The van der Waals surface area contributed by atoms with Crippen molar-refractivity contribution >= 4 is 10.9 Å². The number of hydrogen-bond acceptors (Lipinski definition) is 4. The van der Waals surface area contributed by atoms with E-state index in [1.165, 1.54) is 0 Å². The number of para-hydroxylation sites is 1. The van der Waals surface area contributed by atoms with Gasteiger partial charge in [-0.05, 0) is 31.5 Å². The number of aliphatic hydroxyl groups is 1. The zero-order valence-corrected chi connectivity index (χ0v) is 11.5. The Kier molecular flexibility index (Phi) is 4.14. The second-order valence-corrected chi connectivity index (χ2v) is 5.24. The van der Waals surface area contributed by atoms with Gasteiger partial charge in [0.1, 0.15) is 11.3 Å². The lowest BCUT2D eigenvalue weighted by Gasteiger charge is -2.18. The number of hydrogen-bond donors (Lipinski definition) is 2. The minimum absolute atomic E-state index is 0.226. The lowest BCUT2D eigenvalue weighted by Crippen LogP contribution is -2.35. The highest BCUT2D eigenvalue weighted by Crippen LogP contribution is 2.23. The molecule has 4 heteroatoms. The van der Waals surface area contributed by atoms with Crippen LogP contribution in [0.25, 0.3) is 10.9 Å². The van der Waals surface area contributed by atoms with Crippen LogP contribution in [0.1, 0.15) is 19.3 Å². The van der Waals surface area contributed by atoms with Crippen molar-refractivity contribution in [2.45, 2.75) is 31.4 Å². The highest BCUT2D eigenvalue weighted by molar-refractivity contribution is 5.84. The van der Waals surface area contributed by atoms with Gasteiger partial charge in [0.05, 0.1) is 12.7 Å². The Morgan fingerprint density at radius 1 is 1.35 bits per heavy atom. The van der Waals surface area contributed by atoms with E-state index >= 15 is 0 Å². The summed E-state index contributed by atoms with van der Waals surface area (Å²) in [4.78, 5) is 4.36. The molecule has 0 radical (unpaired) electrons. The van der Waals surface area contributed by atoms with Crippen molar-refractivity contribution in [3.05, 3.63) is 36.5 Å². The van der Waals surface area contributed by atoms with Crippen LogP contribution in [0.5, 0.6) is 5.75 Å². The first kappa shape index (κ1) is 13.3. The molecule has 0 spiro atoms. The molecular weight excluding hydrogens is 252 g/mol. The van der Waals surface area contributed by atoms with Crippen LogP contribution in [-0.4, -0.2) is 35.4 Å². The number of pyridine rings is 1. The van der Waals surface area contributed by atoms with Gasteiger partial charge in [-0.2, -0.15) is 0 Å². The maximum atomic E-state index is 10.1. The van der Waals surface area contributed by atoms with Crippen LogP contribution in [0.4, 0.5) is 0 Å². The number of nitrogens with zero attached hydrogens (tertiary/aromatic N) is 1. The number of fused-ring (bicyclic) bond motifs is 1. The molecule has 1 aromatic heterocycles. The third kappa shape index (κ3) is 2.92. The van der Waals surface area contributed by atoms with Gasteiger partial charge in [-0.1, -0.05) is 18.2 Å². The quantitative estimate of drug-likeness (QED) is 0.875. The van der Waals surface area contributed by atoms with Crippen molar-refractivity contribution in [2.75, 3.05) is 13.2 Å². The number of benzene rings is 1. The third-order valence-electron chi connectivity index (χ3n) is 3.83. The fraction of sp³-hybridized carbons (Fsp3) is 0.438. The van der Waals surface area contributed by atoms with Gasteiger partial charge in [0.25, 0.3) is 0 Å². The standard InChI is InChI=1S/C16H20N2O2/c19-14(13-6-3-9-17-13)8-11-20-15-7-1-4-12-5-2-10-18-16(12)15/h1-2,4-5,7,10,13-14,17,19H,3,6,8-9,11H2. The lowest BCUT2D eigenvalue weighted by molar-refractivity contribution is 0.107. The summed E-state index contributed by atoms with van der Waals surface area (Å²) < 4.78 is 5.80. The number of nitrogens with one attached hydrogen (secondary N) is 1. The van der Waals surface area contributed by atoms with Gasteiger partial charge in [0.15, 0.2) is 0 Å². The van der Waals surface area contributed by atoms with Gasteiger partial charge in [-0.25, -0.2) is 0 Å². The van der Waals surface area contributed by atoms with E-state index in [1.807, 2.05) is 30.3 Å². The summed E-state index contributed by atoms with van der Waals surface area (Å²) in [6.07, 6.45) is 4.28. The van der Waals surface area contributed by atoms with Crippen molar-refractivity contribution in [2.24, 2.45) is 0 Å². The van der Waals surface area contributed by atoms with E-state index < -0.39 is 0 Å². The Morgan fingerprint density at radius 3 is 3.10 bits per heavy atom. The molecule has 0 saturated carbocycles. The highest BCUT2D eigenvalue weighted by atomic mass is 16.5. The molecule has 20 heavy (non-hydrogen) atoms. The van der Waals surface area contributed by atoms with Crippen LogP contribution in [0.15, 0.2) is 36.5 Å². The SMILES string of the molecule is OC(CCOc1cccc2cccnc12)C1CCCN1. The normalized spacial score (nSPS) is 20.1. The first-order valence-electron chi connectivity index (χ1n) is 7.22. The Balaban J connectivity index is 1.59. The second-order valence-electron chi connectivity index (χ2n) is 5.24. The molecule has 4 nitrogen and oxygen atoms in total. The molecule has 0 aliphatic carbocycles. The fourth-order valence-corrected chi connectivity index (χ4v) is 2.72. The third-order valence-corrected chi connectivity index (χ3v) is 3.83. The number of aromatic nitrogens is 1. The zero-order chi connectivity index (χ0) is 13.8. The maximum absolute atomic E-state index is 10.1. The predicted octanol–water partition coefficient (Wildman–Crippen LogP) is 2.12. The van der Waals surface area contributed by atoms with E-state index in [1.54, 1.807) is 6.20 Å². The van der Waals surface area contributed by atoms with E-state index in [0.29, 0.717) is 13.0 Å². The molecule has 0 amide bonds. The molecule has 2 N–H and O–H groups in total. The Hall–Kier alpha value is -1.65. The second kappa shape index (κ2) is 6.20. The van der Waals surface area contributed by atoms with Crippen molar-refractivity contribution in [3.63, 3.8) is 0 Å². The van der Waals surface area contributed by atoms with Crippen LogP contribution in [0.3, 0.4) is 0 Å². The van der Waals surface area contributed by atoms with Crippen LogP contribution in [-0.2, 0) is 0 Å². The molecule has 2 heterocycles. The van der Waals surface area contributed by atoms with Crippen molar-refractivity contribution in [1.29, 1.82) is 0 Å². The van der Waals surface area contributed by atoms with Crippen LogP contribution >= 0.6 is 0 Å². The number of ether oxygens (including phenoxy) is 1. The summed E-state index contributed by atoms with van der Waals surface area (Å²) in [6.45, 7) is 1.52. The number of rotatable bonds is 5. The summed E-state index contributed by atoms with van der Waals surface area (Å²) in [5.74, 6) is 0.787. The molecular formula is C16H20N2O2. The predicted molar refractivity (Wildman–Crippen MR) is 78.9 cm³/mol. The van der Waals surface area contributed by atoms with E-state index in [9.17, 15) is 5.11 Å². The van der Waals surface area contributed by atoms with Crippen LogP contribution in [0, 0.1) is 0 Å². The topological polar surface area (TPSA) is 54.4 Å². The van der Waals surface area contributed by atoms with E-state index in [2.05, 4.69) is 10.3 Å². The average Bonchev–Trinajstić information content (AvgIpc) is 3.02. The van der Waals surface area contributed by atoms with E-state index in [0.717, 1.165) is 36.0 Å². The Morgan fingerprint density at radius 2 is 2.25 bits per heavy atom. The Labute approximate surface area is 118 Å². The first-order valence-corrected chi connectivity index (χ1v) is 7.22.